The molecule has 1 heterocycles. The van der Waals surface area contributed by atoms with Crippen LogP contribution >= 0.6 is 0 Å². The molecular formula is C16H24N2O2. The number of ether oxygens (including phenoxy) is 1. The molecule has 1 amide bonds. The Morgan fingerprint density at radius 2 is 2.05 bits per heavy atom. The molecule has 0 radical (unpaired) electrons. The fraction of sp³-hybridized carbons (Fsp3) is 0.562. The van der Waals surface area contributed by atoms with Gasteiger partial charge in [0.25, 0.3) is 0 Å². The van der Waals surface area contributed by atoms with Gasteiger partial charge in [-0.05, 0) is 31.5 Å². The smallest absolute Gasteiger partial charge is 0.232 e. The van der Waals surface area contributed by atoms with Crippen molar-refractivity contribution < 1.29 is 9.53 Å². The number of carbonyl (C=O) groups is 1. The van der Waals surface area contributed by atoms with E-state index in [-0.39, 0.29) is 5.91 Å². The van der Waals surface area contributed by atoms with Crippen molar-refractivity contribution in [1.82, 2.24) is 0 Å². The van der Waals surface area contributed by atoms with Gasteiger partial charge in [0.15, 0.2) is 0 Å². The number of nitrogens with zero attached hydrogens (tertiary/aromatic N) is 1. The maximum absolute atomic E-state index is 12.7. The summed E-state index contributed by atoms with van der Waals surface area (Å²) in [4.78, 5) is 14.5. The van der Waals surface area contributed by atoms with E-state index in [0.717, 1.165) is 17.0 Å². The molecule has 0 atom stereocenters. The first-order valence-electron chi connectivity index (χ1n) is 6.98. The van der Waals surface area contributed by atoms with Crippen LogP contribution in [0.1, 0.15) is 40.2 Å². The van der Waals surface area contributed by atoms with Crippen LogP contribution in [0.25, 0.3) is 0 Å². The van der Waals surface area contributed by atoms with Crippen molar-refractivity contribution in [2.75, 3.05) is 11.4 Å². The summed E-state index contributed by atoms with van der Waals surface area (Å²) in [6.45, 7) is 10.8. The highest BCUT2D eigenvalue weighted by atomic mass is 16.5. The Morgan fingerprint density at radius 3 is 2.60 bits per heavy atom. The van der Waals surface area contributed by atoms with Gasteiger partial charge in [0.1, 0.15) is 11.4 Å². The second-order valence-corrected chi connectivity index (χ2v) is 7.01. The van der Waals surface area contributed by atoms with Gasteiger partial charge < -0.3 is 15.4 Å². The van der Waals surface area contributed by atoms with Crippen molar-refractivity contribution in [2.24, 2.45) is 11.1 Å². The third-order valence-corrected chi connectivity index (χ3v) is 3.36. The number of carbonyl (C=O) groups excluding carboxylic acids is 1. The number of fused-ring (bicyclic) bond motifs is 1. The van der Waals surface area contributed by atoms with Crippen LogP contribution in [0.3, 0.4) is 0 Å². The molecule has 0 bridgehead atoms. The molecule has 4 nitrogen and oxygen atoms in total. The minimum absolute atomic E-state index is 0.107. The van der Waals surface area contributed by atoms with E-state index in [1.165, 1.54) is 0 Å². The molecule has 0 fully saturated rings. The highest BCUT2D eigenvalue weighted by Crippen LogP contribution is 2.39. The highest BCUT2D eigenvalue weighted by Gasteiger charge is 2.38. The zero-order valence-electron chi connectivity index (χ0n) is 13.0. The third kappa shape index (κ3) is 2.80. The maximum Gasteiger partial charge on any atom is 0.232 e. The molecule has 110 valence electrons. The molecule has 0 saturated heterocycles. The molecule has 4 heteroatoms. The second-order valence-electron chi connectivity index (χ2n) is 7.01. The minimum atomic E-state index is -0.419. The third-order valence-electron chi connectivity index (χ3n) is 3.36. The summed E-state index contributed by atoms with van der Waals surface area (Å²) in [6.07, 6.45) is 0. The molecule has 0 unspecified atom stereocenters. The maximum atomic E-state index is 12.7. The van der Waals surface area contributed by atoms with E-state index in [1.807, 2.05) is 57.7 Å². The number of rotatable bonds is 1. The first-order valence-corrected chi connectivity index (χ1v) is 6.98. The van der Waals surface area contributed by atoms with Crippen molar-refractivity contribution in [3.05, 3.63) is 23.8 Å². The lowest BCUT2D eigenvalue weighted by Gasteiger charge is -2.42. The fourth-order valence-corrected chi connectivity index (χ4v) is 2.37. The molecule has 0 aromatic heterocycles. The van der Waals surface area contributed by atoms with Crippen LogP contribution < -0.4 is 15.4 Å². The first-order chi connectivity index (χ1) is 9.14. The van der Waals surface area contributed by atoms with Crippen LogP contribution in [-0.2, 0) is 11.3 Å². The number of anilines is 1. The van der Waals surface area contributed by atoms with E-state index >= 15 is 0 Å². The van der Waals surface area contributed by atoms with Crippen LogP contribution in [0, 0.1) is 5.41 Å². The van der Waals surface area contributed by atoms with E-state index in [4.69, 9.17) is 10.5 Å². The molecule has 0 spiro atoms. The van der Waals surface area contributed by atoms with Crippen LogP contribution in [0.15, 0.2) is 18.2 Å². The lowest BCUT2D eigenvalue weighted by atomic mass is 9.92. The molecular weight excluding hydrogens is 252 g/mol. The van der Waals surface area contributed by atoms with Crippen molar-refractivity contribution in [3.63, 3.8) is 0 Å². The zero-order chi connectivity index (χ0) is 15.1. The van der Waals surface area contributed by atoms with Crippen LogP contribution in [0.5, 0.6) is 5.75 Å². The topological polar surface area (TPSA) is 55.6 Å². The standard InChI is InChI=1S/C16H24N2O2/c1-15(2,3)14(19)18-10-16(4,5)20-13-8-11(9-17)6-7-12(13)18/h6-8H,9-10,17H2,1-5H3. The van der Waals surface area contributed by atoms with Crippen LogP contribution in [0.4, 0.5) is 5.69 Å². The molecule has 20 heavy (non-hydrogen) atoms. The monoisotopic (exact) mass is 276 g/mol. The van der Waals surface area contributed by atoms with Gasteiger partial charge in [0.05, 0.1) is 12.2 Å². The van der Waals surface area contributed by atoms with Gasteiger partial charge in [0.2, 0.25) is 5.91 Å². The summed E-state index contributed by atoms with van der Waals surface area (Å²) in [5, 5.41) is 0. The van der Waals surface area contributed by atoms with Gasteiger partial charge in [-0.25, -0.2) is 0 Å². The molecule has 0 saturated carbocycles. The van der Waals surface area contributed by atoms with Gasteiger partial charge in [-0.3, -0.25) is 4.79 Å². The molecule has 1 aliphatic heterocycles. The Kier molecular flexibility index (Phi) is 3.54. The largest absolute Gasteiger partial charge is 0.484 e. The Morgan fingerprint density at radius 1 is 1.40 bits per heavy atom. The van der Waals surface area contributed by atoms with Gasteiger partial charge in [0, 0.05) is 12.0 Å². The molecule has 2 rings (SSSR count). The second kappa shape index (κ2) is 4.77. The van der Waals surface area contributed by atoms with Crippen molar-refractivity contribution in [3.8, 4) is 5.75 Å². The summed E-state index contributed by atoms with van der Waals surface area (Å²) in [5.74, 6) is 0.845. The van der Waals surface area contributed by atoms with Crippen LogP contribution in [-0.4, -0.2) is 18.1 Å². The van der Waals surface area contributed by atoms with Crippen LogP contribution in [0.2, 0.25) is 0 Å². The van der Waals surface area contributed by atoms with Crippen molar-refractivity contribution in [1.29, 1.82) is 0 Å². The fourth-order valence-electron chi connectivity index (χ4n) is 2.37. The van der Waals surface area contributed by atoms with Gasteiger partial charge >= 0.3 is 0 Å². The number of hydrogen-bond donors (Lipinski definition) is 1. The SMILES string of the molecule is CC1(C)CN(C(=O)C(C)(C)C)c2ccc(CN)cc2O1. The van der Waals surface area contributed by atoms with Gasteiger partial charge in [-0.2, -0.15) is 0 Å². The normalized spacial score (nSPS) is 17.4. The molecule has 2 N–H and O–H groups in total. The summed E-state index contributed by atoms with van der Waals surface area (Å²) in [7, 11) is 0. The lowest BCUT2D eigenvalue weighted by Crippen LogP contribution is -2.52. The van der Waals surface area contributed by atoms with Crippen molar-refractivity contribution in [2.45, 2.75) is 46.8 Å². The number of hydrogen-bond acceptors (Lipinski definition) is 3. The summed E-state index contributed by atoms with van der Waals surface area (Å²) in [5.41, 5.74) is 6.70. The summed E-state index contributed by atoms with van der Waals surface area (Å²) < 4.78 is 6.01. The lowest BCUT2D eigenvalue weighted by molar-refractivity contribution is -0.126. The van der Waals surface area contributed by atoms with E-state index in [0.29, 0.717) is 13.1 Å². The zero-order valence-corrected chi connectivity index (χ0v) is 13.0. The molecule has 0 aliphatic carbocycles. The first kappa shape index (κ1) is 14.9. The van der Waals surface area contributed by atoms with Gasteiger partial charge in [-0.15, -0.1) is 0 Å². The average molecular weight is 276 g/mol. The Labute approximate surface area is 120 Å². The van der Waals surface area contributed by atoms with Gasteiger partial charge in [-0.1, -0.05) is 26.8 Å². The Hall–Kier alpha value is -1.55. The predicted molar refractivity (Wildman–Crippen MR) is 80.8 cm³/mol. The molecule has 1 aromatic rings. The summed E-state index contributed by atoms with van der Waals surface area (Å²) >= 11 is 0. The number of nitrogens with two attached hydrogens (primary N) is 1. The van der Waals surface area contributed by atoms with E-state index < -0.39 is 11.0 Å². The Bertz CT molecular complexity index is 530. The van der Waals surface area contributed by atoms with E-state index in [9.17, 15) is 4.79 Å². The van der Waals surface area contributed by atoms with Crippen molar-refractivity contribution >= 4 is 11.6 Å². The highest BCUT2D eigenvalue weighted by molar-refractivity contribution is 5.98. The minimum Gasteiger partial charge on any atom is -0.484 e. The molecule has 1 aliphatic rings. The quantitative estimate of drug-likeness (QED) is 0.858. The Balaban J connectivity index is 2.48. The predicted octanol–water partition coefficient (Wildman–Crippen LogP) is 2.70. The summed E-state index contributed by atoms with van der Waals surface area (Å²) in [6, 6.07) is 5.80. The molecule has 1 aromatic carbocycles. The van der Waals surface area contributed by atoms with E-state index in [2.05, 4.69) is 0 Å². The number of amides is 1. The number of benzene rings is 1. The average Bonchev–Trinajstić information content (AvgIpc) is 2.33. The van der Waals surface area contributed by atoms with E-state index in [1.54, 1.807) is 0 Å².